The second-order valence-corrected chi connectivity index (χ2v) is 10.5. The molecule has 0 spiro atoms. The minimum Gasteiger partial charge on any atom is -0.207 e. The second-order valence-electron chi connectivity index (χ2n) is 8.62. The van der Waals surface area contributed by atoms with E-state index in [9.17, 15) is 26.0 Å². The predicted molar refractivity (Wildman–Crippen MR) is 122 cm³/mol. The third-order valence-corrected chi connectivity index (χ3v) is 8.47. The summed E-state index contributed by atoms with van der Waals surface area (Å²) in [6.45, 7) is 0. The van der Waals surface area contributed by atoms with Gasteiger partial charge in [0.25, 0.3) is 0 Å². The lowest BCUT2D eigenvalue weighted by Gasteiger charge is -2.33. The van der Waals surface area contributed by atoms with Gasteiger partial charge in [-0.25, -0.2) is 12.8 Å². The summed E-state index contributed by atoms with van der Waals surface area (Å²) < 4.78 is 82.2. The molecule has 0 aliphatic carbocycles. The average Bonchev–Trinajstić information content (AvgIpc) is 3.10. The maximum absolute atomic E-state index is 14.9. The van der Waals surface area contributed by atoms with Crippen LogP contribution in [0.25, 0.3) is 16.7 Å². The summed E-state index contributed by atoms with van der Waals surface area (Å²) in [7, 11) is -4.12. The molecule has 0 radical (unpaired) electrons. The van der Waals surface area contributed by atoms with Crippen LogP contribution in [0.15, 0.2) is 83.8 Å². The SMILES string of the molecule is O=S(=O)(c1cccc(C(F)(F)F)c1)N1C2C=C(c3ccc(-c4ccccc4)c(F)c3)CC1CC2. The molecule has 5 rings (SSSR count). The van der Waals surface area contributed by atoms with Gasteiger partial charge in [-0.1, -0.05) is 54.6 Å². The minimum atomic E-state index is -4.63. The Labute approximate surface area is 195 Å². The molecule has 34 heavy (non-hydrogen) atoms. The van der Waals surface area contributed by atoms with Gasteiger partial charge in [0.05, 0.1) is 10.5 Å². The van der Waals surface area contributed by atoms with E-state index in [1.54, 1.807) is 6.07 Å². The first-order valence-corrected chi connectivity index (χ1v) is 12.4. The van der Waals surface area contributed by atoms with Crippen LogP contribution in [0, 0.1) is 5.82 Å². The highest BCUT2D eigenvalue weighted by atomic mass is 32.2. The Morgan fingerprint density at radius 3 is 2.29 bits per heavy atom. The molecule has 176 valence electrons. The molecule has 2 unspecified atom stereocenters. The molecule has 0 saturated carbocycles. The molecule has 8 heteroatoms. The molecule has 0 N–H and O–H groups in total. The third kappa shape index (κ3) is 4.05. The molecule has 0 amide bonds. The molecule has 3 aromatic rings. The van der Waals surface area contributed by atoms with Gasteiger partial charge in [0.15, 0.2) is 0 Å². The normalized spacial score (nSPS) is 20.9. The van der Waals surface area contributed by atoms with Crippen LogP contribution in [0.1, 0.15) is 30.4 Å². The van der Waals surface area contributed by atoms with Gasteiger partial charge in [-0.15, -0.1) is 0 Å². The fourth-order valence-corrected chi connectivity index (χ4v) is 6.77. The molecule has 2 heterocycles. The monoisotopic (exact) mass is 487 g/mol. The van der Waals surface area contributed by atoms with Gasteiger partial charge < -0.3 is 0 Å². The van der Waals surface area contributed by atoms with E-state index < -0.39 is 27.8 Å². The lowest BCUT2D eigenvalue weighted by atomic mass is 9.94. The van der Waals surface area contributed by atoms with Gasteiger partial charge in [-0.05, 0) is 60.2 Å². The molecule has 2 bridgehead atoms. The number of sulfonamides is 1. The van der Waals surface area contributed by atoms with Gasteiger partial charge in [0, 0.05) is 17.6 Å². The molecule has 3 nitrogen and oxygen atoms in total. The number of hydrogen-bond acceptors (Lipinski definition) is 2. The highest BCUT2D eigenvalue weighted by Gasteiger charge is 2.45. The zero-order valence-corrected chi connectivity index (χ0v) is 18.8. The van der Waals surface area contributed by atoms with Crippen molar-refractivity contribution in [1.29, 1.82) is 0 Å². The van der Waals surface area contributed by atoms with Gasteiger partial charge in [0.2, 0.25) is 10.0 Å². The zero-order valence-electron chi connectivity index (χ0n) is 18.0. The van der Waals surface area contributed by atoms with Crippen molar-refractivity contribution in [2.45, 2.75) is 42.4 Å². The summed E-state index contributed by atoms with van der Waals surface area (Å²) in [6.07, 6.45) is -1.29. The Hall–Kier alpha value is -2.97. The first-order valence-electron chi connectivity index (χ1n) is 10.9. The molecular weight excluding hydrogens is 466 g/mol. The molecule has 3 aromatic carbocycles. The molecule has 1 fully saturated rings. The van der Waals surface area contributed by atoms with Gasteiger partial charge in [-0.2, -0.15) is 17.5 Å². The summed E-state index contributed by atoms with van der Waals surface area (Å²) in [6, 6.07) is 17.2. The number of benzene rings is 3. The van der Waals surface area contributed by atoms with E-state index in [0.717, 1.165) is 23.3 Å². The topological polar surface area (TPSA) is 37.4 Å². The molecule has 1 saturated heterocycles. The van der Waals surface area contributed by atoms with E-state index in [1.165, 1.54) is 16.4 Å². The Balaban J connectivity index is 1.45. The van der Waals surface area contributed by atoms with E-state index in [4.69, 9.17) is 0 Å². The quantitative estimate of drug-likeness (QED) is 0.393. The van der Waals surface area contributed by atoms with Crippen LogP contribution in [0.4, 0.5) is 17.6 Å². The van der Waals surface area contributed by atoms with Crippen LogP contribution in [-0.4, -0.2) is 24.8 Å². The Kier molecular flexibility index (Phi) is 5.61. The van der Waals surface area contributed by atoms with Crippen LogP contribution < -0.4 is 0 Å². The van der Waals surface area contributed by atoms with Crippen molar-refractivity contribution in [1.82, 2.24) is 4.31 Å². The van der Waals surface area contributed by atoms with E-state index in [2.05, 4.69) is 0 Å². The van der Waals surface area contributed by atoms with E-state index in [-0.39, 0.29) is 16.8 Å². The van der Waals surface area contributed by atoms with Gasteiger partial charge in [-0.3, -0.25) is 0 Å². The average molecular weight is 488 g/mol. The fraction of sp³-hybridized carbons (Fsp3) is 0.231. The van der Waals surface area contributed by atoms with Crippen molar-refractivity contribution < 1.29 is 26.0 Å². The van der Waals surface area contributed by atoms with Crippen LogP contribution in [0.5, 0.6) is 0 Å². The summed E-state index contributed by atoms with van der Waals surface area (Å²) in [5.74, 6) is -0.365. The number of nitrogens with zero attached hydrogens (tertiary/aromatic N) is 1. The molecule has 2 aliphatic heterocycles. The van der Waals surface area contributed by atoms with E-state index in [0.29, 0.717) is 36.5 Å². The van der Waals surface area contributed by atoms with Crippen molar-refractivity contribution >= 4 is 15.6 Å². The maximum Gasteiger partial charge on any atom is 0.416 e. The maximum atomic E-state index is 14.9. The summed E-state index contributed by atoms with van der Waals surface area (Å²) >= 11 is 0. The fourth-order valence-electron chi connectivity index (χ4n) is 4.90. The lowest BCUT2D eigenvalue weighted by molar-refractivity contribution is -0.137. The Morgan fingerprint density at radius 2 is 1.62 bits per heavy atom. The van der Waals surface area contributed by atoms with Gasteiger partial charge >= 0.3 is 6.18 Å². The van der Waals surface area contributed by atoms with Crippen molar-refractivity contribution in [3.63, 3.8) is 0 Å². The minimum absolute atomic E-state index is 0.365. The van der Waals surface area contributed by atoms with Crippen LogP contribution in [0.3, 0.4) is 0 Å². The molecule has 2 atom stereocenters. The Morgan fingerprint density at radius 1 is 0.853 bits per heavy atom. The summed E-state index contributed by atoms with van der Waals surface area (Å²) in [4.78, 5) is -0.366. The van der Waals surface area contributed by atoms with Crippen LogP contribution in [0.2, 0.25) is 0 Å². The van der Waals surface area contributed by atoms with E-state index >= 15 is 0 Å². The smallest absolute Gasteiger partial charge is 0.207 e. The summed E-state index contributed by atoms with van der Waals surface area (Å²) in [5, 5.41) is 0. The summed E-state index contributed by atoms with van der Waals surface area (Å²) in [5.41, 5.74) is 1.79. The second kappa shape index (κ2) is 8.36. The van der Waals surface area contributed by atoms with Crippen LogP contribution >= 0.6 is 0 Å². The molecular formula is C26H21F4NO2S. The van der Waals surface area contributed by atoms with Gasteiger partial charge in [0.1, 0.15) is 5.82 Å². The van der Waals surface area contributed by atoms with Crippen LogP contribution in [-0.2, 0) is 16.2 Å². The number of alkyl halides is 3. The van der Waals surface area contributed by atoms with Crippen molar-refractivity contribution in [3.8, 4) is 11.1 Å². The van der Waals surface area contributed by atoms with Crippen molar-refractivity contribution in [2.75, 3.05) is 0 Å². The Bertz CT molecular complexity index is 1370. The number of halogens is 4. The molecule has 0 aromatic heterocycles. The standard InChI is InChI=1S/C26H21F4NO2S/c27-25-15-18(9-12-24(25)17-5-2-1-3-6-17)19-13-21-10-11-22(14-19)31(21)34(32,33)23-8-4-7-20(16-23)26(28,29)30/h1-9,12-13,15-16,21-22H,10-11,14H2. The van der Waals surface area contributed by atoms with Crippen molar-refractivity contribution in [2.24, 2.45) is 0 Å². The van der Waals surface area contributed by atoms with Crippen molar-refractivity contribution in [3.05, 3.63) is 95.8 Å². The highest BCUT2D eigenvalue weighted by Crippen LogP contribution is 2.43. The third-order valence-electron chi connectivity index (χ3n) is 6.49. The number of rotatable bonds is 4. The zero-order chi connectivity index (χ0) is 24.1. The lowest BCUT2D eigenvalue weighted by Crippen LogP contribution is -2.42. The largest absolute Gasteiger partial charge is 0.416 e. The number of fused-ring (bicyclic) bond motifs is 2. The number of hydrogen-bond donors (Lipinski definition) is 0. The first-order chi connectivity index (χ1) is 16.1. The first kappa shape index (κ1) is 22.8. The van der Waals surface area contributed by atoms with E-state index in [1.807, 2.05) is 42.5 Å². The molecule has 2 aliphatic rings. The predicted octanol–water partition coefficient (Wildman–Crippen LogP) is 6.52. The highest BCUT2D eigenvalue weighted by molar-refractivity contribution is 7.89.